The maximum absolute atomic E-state index is 13.7. The molecule has 0 aromatic heterocycles. The van der Waals surface area contributed by atoms with Crippen molar-refractivity contribution in [2.24, 2.45) is 11.8 Å². The number of fused-ring (bicyclic) bond motifs is 1. The molecule has 1 spiro atoms. The Kier molecular flexibility index (Phi) is 6.62. The number of carbonyl (C=O) groups is 4. The Hall–Kier alpha value is -3.17. The van der Waals surface area contributed by atoms with Crippen molar-refractivity contribution in [3.8, 4) is 0 Å². The van der Waals surface area contributed by atoms with Crippen LogP contribution in [0.1, 0.15) is 32.4 Å². The van der Waals surface area contributed by atoms with Gasteiger partial charge in [-0.1, -0.05) is 53.5 Å². The van der Waals surface area contributed by atoms with E-state index in [0.717, 1.165) is 4.90 Å². The third kappa shape index (κ3) is 4.05. The molecule has 3 atom stereocenters. The van der Waals surface area contributed by atoms with E-state index in [-0.39, 0.29) is 21.2 Å². The Labute approximate surface area is 226 Å². The van der Waals surface area contributed by atoms with Crippen molar-refractivity contribution in [3.63, 3.8) is 0 Å². The molecule has 7 nitrogen and oxygen atoms in total. The number of ketones is 2. The van der Waals surface area contributed by atoms with Gasteiger partial charge in [0.25, 0.3) is 0 Å². The van der Waals surface area contributed by atoms with Crippen molar-refractivity contribution < 1.29 is 29.0 Å². The van der Waals surface area contributed by atoms with Crippen LogP contribution in [-0.4, -0.2) is 40.4 Å². The zero-order chi connectivity index (χ0) is 26.5. The van der Waals surface area contributed by atoms with Crippen LogP contribution in [0.15, 0.2) is 71.6 Å². The quantitative estimate of drug-likeness (QED) is 0.313. The van der Waals surface area contributed by atoms with E-state index in [4.69, 9.17) is 27.9 Å². The number of ether oxygens (including phenoxy) is 1. The summed E-state index contributed by atoms with van der Waals surface area (Å²) >= 11 is 13.8. The van der Waals surface area contributed by atoms with Crippen LogP contribution in [0.5, 0.6) is 0 Å². The maximum Gasteiger partial charge on any atom is 0.311 e. The standard InChI is InChI=1S/C27H19Cl2NO6S/c1-37-15-9-7-14(8-10-15)30-25(33)20-21(26(34)35)27(23(31)16-4-2-3-5-17(16)24(27)32)36-22(20)13-6-11-18(28)19(29)12-13/h2-12,20-22H,1H3,(H,30,33)(H,34,35). The molecular formula is C27H19Cl2NO6S. The fourth-order valence-electron chi connectivity index (χ4n) is 5.03. The smallest absolute Gasteiger partial charge is 0.311 e. The molecule has 3 aromatic carbocycles. The number of carbonyl (C=O) groups excluding carboxylic acids is 3. The number of halogens is 2. The van der Waals surface area contributed by atoms with Crippen LogP contribution in [0.4, 0.5) is 5.69 Å². The lowest BCUT2D eigenvalue weighted by molar-refractivity contribution is -0.147. The van der Waals surface area contributed by atoms with Crippen molar-refractivity contribution in [1.29, 1.82) is 0 Å². The van der Waals surface area contributed by atoms with Gasteiger partial charge in [0.2, 0.25) is 23.1 Å². The second kappa shape index (κ2) is 9.61. The van der Waals surface area contributed by atoms with Crippen LogP contribution in [-0.2, 0) is 14.3 Å². The van der Waals surface area contributed by atoms with Gasteiger partial charge in [-0.2, -0.15) is 0 Å². The van der Waals surface area contributed by atoms with Crippen molar-refractivity contribution >= 4 is 64.1 Å². The molecule has 0 bridgehead atoms. The Morgan fingerprint density at radius 3 is 2.11 bits per heavy atom. The molecule has 37 heavy (non-hydrogen) atoms. The zero-order valence-corrected chi connectivity index (χ0v) is 21.6. The predicted octanol–water partition coefficient (Wildman–Crippen LogP) is 5.56. The van der Waals surface area contributed by atoms with Crippen LogP contribution < -0.4 is 5.32 Å². The largest absolute Gasteiger partial charge is 0.481 e. The fraction of sp³-hybridized carbons (Fsp3) is 0.185. The molecular weight excluding hydrogens is 537 g/mol. The number of amides is 1. The highest BCUT2D eigenvalue weighted by atomic mass is 35.5. The number of rotatable bonds is 5. The van der Waals surface area contributed by atoms with E-state index >= 15 is 0 Å². The fourth-order valence-corrected chi connectivity index (χ4v) is 5.74. The number of carboxylic acids is 1. The number of thioether (sulfide) groups is 1. The molecule has 0 radical (unpaired) electrons. The van der Waals surface area contributed by atoms with Gasteiger partial charge in [-0.15, -0.1) is 11.8 Å². The second-order valence-corrected chi connectivity index (χ2v) is 10.4. The average Bonchev–Trinajstić information content (AvgIpc) is 3.36. The summed E-state index contributed by atoms with van der Waals surface area (Å²) in [7, 11) is 0. The highest BCUT2D eigenvalue weighted by Gasteiger charge is 2.71. The lowest BCUT2D eigenvalue weighted by Crippen LogP contribution is -2.52. The van der Waals surface area contributed by atoms with Gasteiger partial charge in [-0.05, 0) is 48.2 Å². The van der Waals surface area contributed by atoms with E-state index < -0.39 is 47.0 Å². The second-order valence-electron chi connectivity index (χ2n) is 8.71. The number of Topliss-reactive ketones (excluding diaryl/α,β-unsaturated/α-hetero) is 2. The summed E-state index contributed by atoms with van der Waals surface area (Å²) < 4.78 is 6.13. The van der Waals surface area contributed by atoms with Crippen LogP contribution in [0, 0.1) is 11.8 Å². The highest BCUT2D eigenvalue weighted by Crippen LogP contribution is 2.54. The first-order valence-electron chi connectivity index (χ1n) is 11.2. The summed E-state index contributed by atoms with van der Waals surface area (Å²) in [5.41, 5.74) is -1.56. The molecule has 3 aromatic rings. The molecule has 10 heteroatoms. The predicted molar refractivity (Wildman–Crippen MR) is 140 cm³/mol. The minimum absolute atomic E-state index is 0.0559. The molecule has 188 valence electrons. The van der Waals surface area contributed by atoms with Crippen LogP contribution in [0.2, 0.25) is 10.0 Å². The number of aliphatic carboxylic acids is 1. The molecule has 1 fully saturated rings. The Balaban J connectivity index is 1.64. The first kappa shape index (κ1) is 25.5. The van der Waals surface area contributed by atoms with Gasteiger partial charge in [0.15, 0.2) is 0 Å². The number of anilines is 1. The molecule has 1 saturated heterocycles. The Morgan fingerprint density at radius 2 is 1.57 bits per heavy atom. The first-order valence-corrected chi connectivity index (χ1v) is 13.2. The van der Waals surface area contributed by atoms with Gasteiger partial charge in [0.1, 0.15) is 5.92 Å². The molecule has 0 saturated carbocycles. The van der Waals surface area contributed by atoms with Gasteiger partial charge in [-0.25, -0.2) is 0 Å². The topological polar surface area (TPSA) is 110 Å². The van der Waals surface area contributed by atoms with Crippen LogP contribution in [0.3, 0.4) is 0 Å². The summed E-state index contributed by atoms with van der Waals surface area (Å²) in [6, 6.07) is 17.5. The van der Waals surface area contributed by atoms with E-state index in [2.05, 4.69) is 5.32 Å². The summed E-state index contributed by atoms with van der Waals surface area (Å²) in [6.07, 6.45) is 0.638. The van der Waals surface area contributed by atoms with E-state index in [9.17, 15) is 24.3 Å². The lowest BCUT2D eigenvalue weighted by Gasteiger charge is -2.25. The molecule has 5 rings (SSSR count). The van der Waals surface area contributed by atoms with E-state index in [1.54, 1.807) is 36.4 Å². The van der Waals surface area contributed by atoms with E-state index in [1.165, 1.54) is 42.1 Å². The number of nitrogens with one attached hydrogen (secondary N) is 1. The number of benzene rings is 3. The molecule has 1 aliphatic heterocycles. The van der Waals surface area contributed by atoms with Crippen molar-refractivity contribution in [1.82, 2.24) is 0 Å². The third-order valence-electron chi connectivity index (χ3n) is 6.73. The summed E-state index contributed by atoms with van der Waals surface area (Å²) in [5.74, 6) is -7.04. The summed E-state index contributed by atoms with van der Waals surface area (Å²) in [6.45, 7) is 0. The number of hydrogen-bond acceptors (Lipinski definition) is 6. The SMILES string of the molecule is CSc1ccc(NC(=O)C2C(c3ccc(Cl)c(Cl)c3)OC3(C(=O)c4ccccc4C3=O)C2C(=O)O)cc1. The van der Waals surface area contributed by atoms with Gasteiger partial charge >= 0.3 is 5.97 Å². The maximum atomic E-state index is 13.7. The summed E-state index contributed by atoms with van der Waals surface area (Å²) in [4.78, 5) is 54.7. The third-order valence-corrected chi connectivity index (χ3v) is 8.21. The van der Waals surface area contributed by atoms with E-state index in [1.807, 2.05) is 6.26 Å². The Bertz CT molecular complexity index is 1420. The minimum Gasteiger partial charge on any atom is -0.481 e. The lowest BCUT2D eigenvalue weighted by atomic mass is 9.75. The molecule has 1 amide bonds. The van der Waals surface area contributed by atoms with Crippen LogP contribution in [0.25, 0.3) is 0 Å². The average molecular weight is 556 g/mol. The Morgan fingerprint density at radius 1 is 0.946 bits per heavy atom. The van der Waals surface area contributed by atoms with Crippen molar-refractivity contribution in [3.05, 3.63) is 93.5 Å². The number of carboxylic acid groups (broad SMARTS) is 1. The normalized spacial score (nSPS) is 21.8. The number of hydrogen-bond donors (Lipinski definition) is 2. The highest BCUT2D eigenvalue weighted by molar-refractivity contribution is 7.98. The zero-order valence-electron chi connectivity index (χ0n) is 19.2. The molecule has 3 unspecified atom stereocenters. The monoisotopic (exact) mass is 555 g/mol. The first-order chi connectivity index (χ1) is 17.7. The van der Waals surface area contributed by atoms with Gasteiger partial charge in [0, 0.05) is 21.7 Å². The summed E-state index contributed by atoms with van der Waals surface area (Å²) in [5, 5.41) is 13.5. The van der Waals surface area contributed by atoms with Crippen molar-refractivity contribution in [2.75, 3.05) is 11.6 Å². The molecule has 2 N–H and O–H groups in total. The minimum atomic E-state index is -2.41. The van der Waals surface area contributed by atoms with Gasteiger partial charge in [-0.3, -0.25) is 19.2 Å². The van der Waals surface area contributed by atoms with Gasteiger partial charge in [0.05, 0.1) is 22.1 Å². The van der Waals surface area contributed by atoms with E-state index in [0.29, 0.717) is 11.3 Å². The van der Waals surface area contributed by atoms with Gasteiger partial charge < -0.3 is 15.2 Å². The molecule has 2 aliphatic rings. The molecule has 1 heterocycles. The molecule has 1 aliphatic carbocycles. The van der Waals surface area contributed by atoms with Crippen LogP contribution >= 0.6 is 35.0 Å². The van der Waals surface area contributed by atoms with Crippen molar-refractivity contribution in [2.45, 2.75) is 16.6 Å².